The number of amides is 2. The topological polar surface area (TPSA) is 125 Å². The maximum Gasteiger partial charge on any atom is 0.256 e. The molecule has 1 saturated heterocycles. The first-order valence-electron chi connectivity index (χ1n) is 10.8. The Kier molecular flexibility index (Phi) is 10.1. The molecule has 9 heteroatoms. The Labute approximate surface area is 193 Å². The molecule has 1 aliphatic heterocycles. The Morgan fingerprint density at radius 3 is 2.81 bits per heavy atom. The molecule has 1 fully saturated rings. The molecule has 0 radical (unpaired) electrons. The number of nitrogens with two attached hydrogens (primary N) is 1. The number of carbonyl (C=O) groups is 2. The van der Waals surface area contributed by atoms with Crippen LogP contribution < -0.4 is 10.5 Å². The monoisotopic (exact) mass is 463 g/mol. The lowest BCUT2D eigenvalue weighted by atomic mass is 10.0. The van der Waals surface area contributed by atoms with Gasteiger partial charge in [0.2, 0.25) is 0 Å². The van der Waals surface area contributed by atoms with Crippen LogP contribution in [0.25, 0.3) is 0 Å². The number of thioether (sulfide) groups is 1. The number of phenols is 1. The molecule has 0 aliphatic carbocycles. The van der Waals surface area contributed by atoms with Crippen LogP contribution in [0.4, 0.5) is 0 Å². The van der Waals surface area contributed by atoms with Crippen LogP contribution in [0.3, 0.4) is 0 Å². The third-order valence-corrected chi connectivity index (χ3v) is 6.24. The summed E-state index contributed by atoms with van der Waals surface area (Å²) in [6.45, 7) is 6.77. The normalized spacial score (nSPS) is 18.4. The first-order valence-corrected chi connectivity index (χ1v) is 12.0. The van der Waals surface area contributed by atoms with Crippen molar-refractivity contribution < 1.29 is 24.5 Å². The molecule has 32 heavy (non-hydrogen) atoms. The van der Waals surface area contributed by atoms with Crippen molar-refractivity contribution in [2.24, 2.45) is 10.7 Å². The molecule has 2 amide bonds. The molecule has 0 aromatic heterocycles. The number of allylic oxidation sites excluding steroid dienone is 1. The Morgan fingerprint density at radius 1 is 1.44 bits per heavy atom. The molecule has 1 aromatic carbocycles. The Balaban J connectivity index is 2.13. The third kappa shape index (κ3) is 6.49. The molecule has 0 bridgehead atoms. The molecule has 1 heterocycles. The summed E-state index contributed by atoms with van der Waals surface area (Å²) in [5.74, 6) is 0.659. The van der Waals surface area contributed by atoms with Gasteiger partial charge in [-0.15, -0.1) is 0 Å². The van der Waals surface area contributed by atoms with E-state index in [4.69, 9.17) is 10.5 Å². The molecular weight excluding hydrogens is 430 g/mol. The average molecular weight is 464 g/mol. The van der Waals surface area contributed by atoms with E-state index in [2.05, 4.69) is 4.99 Å². The minimum absolute atomic E-state index is 0.0524. The van der Waals surface area contributed by atoms with Gasteiger partial charge < -0.3 is 25.6 Å². The summed E-state index contributed by atoms with van der Waals surface area (Å²) in [4.78, 5) is 31.3. The highest BCUT2D eigenvalue weighted by molar-refractivity contribution is 7.99. The highest BCUT2D eigenvalue weighted by Gasteiger charge is 2.31. The highest BCUT2D eigenvalue weighted by Crippen LogP contribution is 2.28. The van der Waals surface area contributed by atoms with Gasteiger partial charge >= 0.3 is 0 Å². The zero-order chi connectivity index (χ0) is 23.7. The fraction of sp³-hybridized carbons (Fsp3) is 0.522. The third-order valence-electron chi connectivity index (χ3n) is 5.14. The first-order chi connectivity index (χ1) is 15.3. The average Bonchev–Trinajstić information content (AvgIpc) is 2.76. The maximum atomic E-state index is 13.4. The molecule has 2 unspecified atom stereocenters. The summed E-state index contributed by atoms with van der Waals surface area (Å²) in [5.41, 5.74) is 6.14. The fourth-order valence-corrected chi connectivity index (χ4v) is 4.68. The van der Waals surface area contributed by atoms with E-state index in [0.29, 0.717) is 30.8 Å². The van der Waals surface area contributed by atoms with Gasteiger partial charge in [-0.25, -0.2) is 0 Å². The molecular formula is C23H33N3O5S. The van der Waals surface area contributed by atoms with Gasteiger partial charge in [0.25, 0.3) is 11.8 Å². The predicted octanol–water partition coefficient (Wildman–Crippen LogP) is 2.38. The molecule has 8 nitrogen and oxygen atoms in total. The lowest BCUT2D eigenvalue weighted by molar-refractivity contribution is -0.128. The zero-order valence-corrected chi connectivity index (χ0v) is 19.7. The van der Waals surface area contributed by atoms with Gasteiger partial charge in [-0.1, -0.05) is 19.1 Å². The van der Waals surface area contributed by atoms with Crippen molar-refractivity contribution >= 4 is 29.3 Å². The molecule has 4 N–H and O–H groups in total. The van der Waals surface area contributed by atoms with E-state index in [0.717, 1.165) is 17.9 Å². The van der Waals surface area contributed by atoms with Crippen molar-refractivity contribution in [2.45, 2.75) is 45.8 Å². The van der Waals surface area contributed by atoms with Crippen LogP contribution in [0.2, 0.25) is 0 Å². The van der Waals surface area contributed by atoms with Crippen LogP contribution in [0.1, 0.15) is 44.0 Å². The van der Waals surface area contributed by atoms with Crippen molar-refractivity contribution in [3.8, 4) is 11.5 Å². The summed E-state index contributed by atoms with van der Waals surface area (Å²) in [6.07, 6.45) is 2.24. The lowest BCUT2D eigenvalue weighted by Crippen LogP contribution is -2.48. The number of benzene rings is 1. The second-order valence-corrected chi connectivity index (χ2v) is 8.67. The molecule has 0 saturated carbocycles. The van der Waals surface area contributed by atoms with Crippen molar-refractivity contribution in [3.63, 3.8) is 0 Å². The first kappa shape index (κ1) is 25.7. The summed E-state index contributed by atoms with van der Waals surface area (Å²) < 4.78 is 5.75. The molecule has 1 aromatic rings. The summed E-state index contributed by atoms with van der Waals surface area (Å²) >= 11 is 1.77. The number of aliphatic hydroxyl groups excluding tert-OH is 1. The zero-order valence-electron chi connectivity index (χ0n) is 18.9. The number of rotatable bonds is 10. The van der Waals surface area contributed by atoms with Gasteiger partial charge in [-0.2, -0.15) is 11.8 Å². The van der Waals surface area contributed by atoms with Crippen molar-refractivity contribution in [3.05, 3.63) is 35.4 Å². The van der Waals surface area contributed by atoms with E-state index in [-0.39, 0.29) is 35.6 Å². The standard InChI is InChI=1S/C23H33N3O5S/c1-4-10-25-21(15(3)27)17(5-2)23(30)26-11-13-32-14-16(26)9-12-31-19-8-6-7-18(28)20(19)22(24)29/h5-8,15-16,27-28H,4,9-14H2,1-3H3,(H2,24,29)/b17-5+,25-21-. The number of nitrogens with zero attached hydrogens (tertiary/aromatic N) is 2. The molecule has 2 atom stereocenters. The van der Waals surface area contributed by atoms with Crippen LogP contribution in [0.15, 0.2) is 34.8 Å². The Morgan fingerprint density at radius 2 is 2.19 bits per heavy atom. The van der Waals surface area contributed by atoms with E-state index in [1.165, 1.54) is 6.07 Å². The van der Waals surface area contributed by atoms with E-state index in [1.807, 2.05) is 11.8 Å². The van der Waals surface area contributed by atoms with E-state index >= 15 is 0 Å². The predicted molar refractivity (Wildman–Crippen MR) is 128 cm³/mol. The van der Waals surface area contributed by atoms with Crippen molar-refractivity contribution in [2.75, 3.05) is 31.2 Å². The summed E-state index contributed by atoms with van der Waals surface area (Å²) in [7, 11) is 0. The van der Waals surface area contributed by atoms with Gasteiger partial charge in [0.05, 0.1) is 24.0 Å². The number of hydrogen-bond donors (Lipinski definition) is 3. The molecule has 1 aliphatic rings. The van der Waals surface area contributed by atoms with Crippen molar-refractivity contribution in [1.29, 1.82) is 0 Å². The van der Waals surface area contributed by atoms with Crippen LogP contribution in [-0.4, -0.2) is 76.0 Å². The summed E-state index contributed by atoms with van der Waals surface area (Å²) in [5, 5.41) is 20.1. The Bertz CT molecular complexity index is 869. The number of hydrogen-bond acceptors (Lipinski definition) is 7. The number of primary amides is 1. The van der Waals surface area contributed by atoms with Gasteiger partial charge in [-0.05, 0) is 32.4 Å². The van der Waals surface area contributed by atoms with E-state index in [9.17, 15) is 19.8 Å². The van der Waals surface area contributed by atoms with E-state index in [1.54, 1.807) is 43.8 Å². The number of aromatic hydroxyl groups is 1. The second-order valence-electron chi connectivity index (χ2n) is 7.52. The van der Waals surface area contributed by atoms with Gasteiger partial charge in [0.15, 0.2) is 0 Å². The molecule has 0 spiro atoms. The number of ether oxygens (including phenoxy) is 1. The Hall–Kier alpha value is -2.52. The molecule has 176 valence electrons. The van der Waals surface area contributed by atoms with Gasteiger partial charge in [0.1, 0.15) is 17.1 Å². The van der Waals surface area contributed by atoms with Gasteiger partial charge in [0, 0.05) is 37.1 Å². The number of aliphatic imine (C=N–C) groups is 1. The minimum Gasteiger partial charge on any atom is -0.507 e. The minimum atomic E-state index is -0.837. The van der Waals surface area contributed by atoms with Crippen LogP contribution in [0.5, 0.6) is 11.5 Å². The van der Waals surface area contributed by atoms with Crippen molar-refractivity contribution in [1.82, 2.24) is 4.90 Å². The lowest BCUT2D eigenvalue weighted by Gasteiger charge is -2.36. The largest absolute Gasteiger partial charge is 0.507 e. The highest BCUT2D eigenvalue weighted by atomic mass is 32.2. The molecule has 2 rings (SSSR count). The SMILES string of the molecule is C/C=C(C(=O)N1CCSCC1CCOc1cccc(O)c1C(N)=O)\C(=N/CCC)C(C)O. The van der Waals surface area contributed by atoms with Gasteiger partial charge in [-0.3, -0.25) is 14.6 Å². The fourth-order valence-electron chi connectivity index (χ4n) is 3.56. The quantitative estimate of drug-likeness (QED) is 0.361. The second kappa shape index (κ2) is 12.5. The maximum absolute atomic E-state index is 13.4. The number of aliphatic hydroxyl groups is 1. The van der Waals surface area contributed by atoms with Crippen LogP contribution in [-0.2, 0) is 4.79 Å². The van der Waals surface area contributed by atoms with Crippen LogP contribution in [0, 0.1) is 0 Å². The smallest absolute Gasteiger partial charge is 0.256 e. The summed E-state index contributed by atoms with van der Waals surface area (Å²) in [6, 6.07) is 4.46. The number of carbonyl (C=O) groups excluding carboxylic acids is 2. The van der Waals surface area contributed by atoms with Crippen LogP contribution >= 0.6 is 11.8 Å². The van der Waals surface area contributed by atoms with E-state index < -0.39 is 12.0 Å².